The molecule has 2 aromatic carbocycles. The molecular formula is C22H24N2O5. The fraction of sp³-hybridized carbons (Fsp3) is 0.318. The molecule has 2 aromatic rings. The van der Waals surface area contributed by atoms with Crippen LogP contribution in [0.15, 0.2) is 48.5 Å². The monoisotopic (exact) mass is 396 g/mol. The average molecular weight is 396 g/mol. The summed E-state index contributed by atoms with van der Waals surface area (Å²) in [6.07, 6.45) is 1.44. The molecule has 0 radical (unpaired) electrons. The maximum Gasteiger partial charge on any atom is 0.335 e. The number of anilines is 1. The number of likely N-dealkylation sites (tertiary alicyclic amines) is 1. The predicted molar refractivity (Wildman–Crippen MR) is 108 cm³/mol. The van der Waals surface area contributed by atoms with Crippen molar-refractivity contribution in [2.45, 2.75) is 19.8 Å². The zero-order valence-electron chi connectivity index (χ0n) is 16.3. The molecule has 0 spiro atoms. The minimum Gasteiger partial charge on any atom is -0.484 e. The molecule has 7 heteroatoms. The van der Waals surface area contributed by atoms with E-state index in [1.165, 1.54) is 6.07 Å². The third kappa shape index (κ3) is 5.34. The van der Waals surface area contributed by atoms with Gasteiger partial charge in [0.1, 0.15) is 5.75 Å². The summed E-state index contributed by atoms with van der Waals surface area (Å²) in [6, 6.07) is 13.8. The van der Waals surface area contributed by atoms with Gasteiger partial charge in [-0.3, -0.25) is 9.59 Å². The first kappa shape index (κ1) is 20.4. The van der Waals surface area contributed by atoms with E-state index in [9.17, 15) is 14.4 Å². The van der Waals surface area contributed by atoms with Gasteiger partial charge < -0.3 is 20.1 Å². The SMILES string of the molecule is Cc1cc(NC(=O)C2CCCN(C(=O)COc3ccccc3)C2)ccc1C(=O)O. The zero-order valence-corrected chi connectivity index (χ0v) is 16.3. The average Bonchev–Trinajstić information content (AvgIpc) is 2.72. The number of carboxylic acid groups (broad SMARTS) is 1. The largest absolute Gasteiger partial charge is 0.484 e. The number of nitrogens with zero attached hydrogens (tertiary/aromatic N) is 1. The predicted octanol–water partition coefficient (Wildman–Crippen LogP) is 2.95. The van der Waals surface area contributed by atoms with Gasteiger partial charge >= 0.3 is 5.97 Å². The van der Waals surface area contributed by atoms with Gasteiger partial charge in [-0.2, -0.15) is 0 Å². The van der Waals surface area contributed by atoms with Crippen molar-refractivity contribution in [2.24, 2.45) is 5.92 Å². The number of carbonyl (C=O) groups excluding carboxylic acids is 2. The molecule has 1 heterocycles. The van der Waals surface area contributed by atoms with Crippen LogP contribution in [-0.4, -0.2) is 47.5 Å². The normalized spacial score (nSPS) is 16.2. The number of piperidine rings is 1. The Hall–Kier alpha value is -3.35. The second-order valence-electron chi connectivity index (χ2n) is 7.10. The van der Waals surface area contributed by atoms with E-state index in [4.69, 9.17) is 9.84 Å². The third-order valence-electron chi connectivity index (χ3n) is 4.97. The van der Waals surface area contributed by atoms with Crippen molar-refractivity contribution < 1.29 is 24.2 Å². The maximum absolute atomic E-state index is 12.6. The number of para-hydroxylation sites is 1. The lowest BCUT2D eigenvalue weighted by atomic mass is 9.96. The molecule has 29 heavy (non-hydrogen) atoms. The van der Waals surface area contributed by atoms with E-state index in [1.54, 1.807) is 36.1 Å². The molecule has 2 N–H and O–H groups in total. The molecule has 1 atom stereocenters. The van der Waals surface area contributed by atoms with Crippen molar-refractivity contribution in [3.63, 3.8) is 0 Å². The Morgan fingerprint density at radius 2 is 1.93 bits per heavy atom. The topological polar surface area (TPSA) is 95.9 Å². The van der Waals surface area contributed by atoms with Crippen LogP contribution in [0.2, 0.25) is 0 Å². The Morgan fingerprint density at radius 3 is 2.62 bits per heavy atom. The molecule has 0 bridgehead atoms. The Labute approximate surface area is 169 Å². The summed E-state index contributed by atoms with van der Waals surface area (Å²) in [5.41, 5.74) is 1.33. The fourth-order valence-electron chi connectivity index (χ4n) is 3.40. The Kier molecular flexibility index (Phi) is 6.49. The highest BCUT2D eigenvalue weighted by atomic mass is 16.5. The fourth-order valence-corrected chi connectivity index (χ4v) is 3.40. The number of rotatable bonds is 6. The summed E-state index contributed by atoms with van der Waals surface area (Å²) in [5.74, 6) is -1.00. The molecule has 0 saturated carbocycles. The highest BCUT2D eigenvalue weighted by Gasteiger charge is 2.28. The first-order valence-electron chi connectivity index (χ1n) is 9.54. The standard InChI is InChI=1S/C22H24N2O5/c1-15-12-17(9-10-19(15)22(27)28)23-21(26)16-6-5-11-24(13-16)20(25)14-29-18-7-3-2-4-8-18/h2-4,7-10,12,16H,5-6,11,13-14H2,1H3,(H,23,26)(H,27,28). The van der Waals surface area contributed by atoms with Crippen LogP contribution in [0.5, 0.6) is 5.75 Å². The number of aryl methyl sites for hydroxylation is 1. The van der Waals surface area contributed by atoms with Crippen LogP contribution in [0.1, 0.15) is 28.8 Å². The lowest BCUT2D eigenvalue weighted by Crippen LogP contribution is -2.45. The minimum atomic E-state index is -1.00. The first-order valence-corrected chi connectivity index (χ1v) is 9.54. The summed E-state index contributed by atoms with van der Waals surface area (Å²) >= 11 is 0. The number of aromatic carboxylic acids is 1. The van der Waals surface area contributed by atoms with Crippen molar-refractivity contribution in [3.8, 4) is 5.75 Å². The van der Waals surface area contributed by atoms with Crippen LogP contribution in [0, 0.1) is 12.8 Å². The minimum absolute atomic E-state index is 0.0613. The molecule has 1 unspecified atom stereocenters. The molecule has 0 aliphatic carbocycles. The van der Waals surface area contributed by atoms with E-state index >= 15 is 0 Å². The van der Waals surface area contributed by atoms with Gasteiger partial charge in [-0.25, -0.2) is 4.79 Å². The van der Waals surface area contributed by atoms with Crippen molar-refractivity contribution >= 4 is 23.5 Å². The molecule has 1 aliphatic heterocycles. The molecule has 0 aromatic heterocycles. The number of nitrogens with one attached hydrogen (secondary N) is 1. The highest BCUT2D eigenvalue weighted by molar-refractivity contribution is 5.95. The van der Waals surface area contributed by atoms with Gasteiger partial charge in [-0.1, -0.05) is 18.2 Å². The van der Waals surface area contributed by atoms with Gasteiger partial charge in [0.15, 0.2) is 6.61 Å². The summed E-state index contributed by atoms with van der Waals surface area (Å²) in [6.45, 7) is 2.57. The van der Waals surface area contributed by atoms with E-state index in [-0.39, 0.29) is 29.9 Å². The highest BCUT2D eigenvalue weighted by Crippen LogP contribution is 2.21. The molecule has 1 aliphatic rings. The van der Waals surface area contributed by atoms with E-state index in [1.807, 2.05) is 18.2 Å². The number of carboxylic acids is 1. The van der Waals surface area contributed by atoms with Gasteiger partial charge in [0.05, 0.1) is 11.5 Å². The van der Waals surface area contributed by atoms with Crippen LogP contribution < -0.4 is 10.1 Å². The van der Waals surface area contributed by atoms with Crippen LogP contribution in [0.25, 0.3) is 0 Å². The summed E-state index contributed by atoms with van der Waals surface area (Å²) in [4.78, 5) is 37.9. The van der Waals surface area contributed by atoms with Gasteiger partial charge in [0, 0.05) is 18.8 Å². The van der Waals surface area contributed by atoms with Crippen molar-refractivity contribution in [1.29, 1.82) is 0 Å². The number of hydrogen-bond acceptors (Lipinski definition) is 4. The Bertz CT molecular complexity index is 897. The second-order valence-corrected chi connectivity index (χ2v) is 7.10. The van der Waals surface area contributed by atoms with E-state index < -0.39 is 5.97 Å². The molecule has 7 nitrogen and oxygen atoms in total. The number of benzene rings is 2. The van der Waals surface area contributed by atoms with E-state index in [2.05, 4.69) is 5.32 Å². The molecule has 1 saturated heterocycles. The molecule has 1 fully saturated rings. The number of carbonyl (C=O) groups is 3. The van der Waals surface area contributed by atoms with Gasteiger partial charge in [-0.15, -0.1) is 0 Å². The lowest BCUT2D eigenvalue weighted by molar-refractivity contribution is -0.136. The molecule has 2 amide bonds. The van der Waals surface area contributed by atoms with E-state index in [0.29, 0.717) is 36.5 Å². The molecular weight excluding hydrogens is 372 g/mol. The number of hydrogen-bond donors (Lipinski definition) is 2. The van der Waals surface area contributed by atoms with Crippen molar-refractivity contribution in [2.75, 3.05) is 25.0 Å². The first-order chi connectivity index (χ1) is 13.9. The van der Waals surface area contributed by atoms with Gasteiger partial charge in [0.2, 0.25) is 5.91 Å². The molecule has 152 valence electrons. The van der Waals surface area contributed by atoms with Gasteiger partial charge in [-0.05, 0) is 55.7 Å². The Balaban J connectivity index is 1.55. The van der Waals surface area contributed by atoms with Gasteiger partial charge in [0.25, 0.3) is 5.91 Å². The summed E-state index contributed by atoms with van der Waals surface area (Å²) in [7, 11) is 0. The number of ether oxygens (including phenoxy) is 1. The van der Waals surface area contributed by atoms with Crippen molar-refractivity contribution in [3.05, 3.63) is 59.7 Å². The van der Waals surface area contributed by atoms with Crippen LogP contribution in [0.4, 0.5) is 5.69 Å². The van der Waals surface area contributed by atoms with Crippen LogP contribution >= 0.6 is 0 Å². The third-order valence-corrected chi connectivity index (χ3v) is 4.97. The lowest BCUT2D eigenvalue weighted by Gasteiger charge is -2.32. The molecule has 3 rings (SSSR count). The van der Waals surface area contributed by atoms with Crippen LogP contribution in [0.3, 0.4) is 0 Å². The van der Waals surface area contributed by atoms with Crippen LogP contribution in [-0.2, 0) is 9.59 Å². The summed E-state index contributed by atoms with van der Waals surface area (Å²) < 4.78 is 5.52. The quantitative estimate of drug-likeness (QED) is 0.783. The number of amides is 2. The van der Waals surface area contributed by atoms with Crippen molar-refractivity contribution in [1.82, 2.24) is 4.90 Å². The maximum atomic E-state index is 12.6. The second kappa shape index (κ2) is 9.23. The Morgan fingerprint density at radius 1 is 1.17 bits per heavy atom. The smallest absolute Gasteiger partial charge is 0.335 e. The summed E-state index contributed by atoms with van der Waals surface area (Å²) in [5, 5.41) is 11.9. The zero-order chi connectivity index (χ0) is 20.8. The van der Waals surface area contributed by atoms with E-state index in [0.717, 1.165) is 6.42 Å².